The summed E-state index contributed by atoms with van der Waals surface area (Å²) in [4.78, 5) is 28.4. The molecule has 0 heterocycles. The maximum absolute atomic E-state index is 10.0. The molecule has 1 rings (SSSR count). The minimum Gasteiger partial charge on any atom is -0.328 e. The third kappa shape index (κ3) is 2.69. The third-order valence-corrected chi connectivity index (χ3v) is 1.93. The molecule has 0 spiro atoms. The second-order valence-electron chi connectivity index (χ2n) is 2.97. The predicted molar refractivity (Wildman–Crippen MR) is 40.9 cm³/mol. The highest BCUT2D eigenvalue weighted by atomic mass is 17.0. The first-order chi connectivity index (χ1) is 6.49. The average Bonchev–Trinajstić information content (AvgIpc) is 2.28. The Bertz CT molecular complexity index is 222. The van der Waals surface area contributed by atoms with E-state index in [-0.39, 0.29) is 18.9 Å². The van der Waals surface area contributed by atoms with E-state index in [0.29, 0.717) is 0 Å². The van der Waals surface area contributed by atoms with Crippen LogP contribution >= 0.6 is 0 Å². The maximum Gasteiger partial charge on any atom is 0.294 e. The molecule has 0 radical (unpaired) electrons. The Morgan fingerprint density at radius 3 is 1.71 bits per heavy atom. The molecule has 9 nitrogen and oxygen atoms in total. The summed E-state index contributed by atoms with van der Waals surface area (Å²) in [6, 6.07) is -0.370. The minimum atomic E-state index is -1.00. The van der Waals surface area contributed by atoms with Crippen LogP contribution in [0.15, 0.2) is 0 Å². The van der Waals surface area contributed by atoms with Gasteiger partial charge in [0.15, 0.2) is 0 Å². The van der Waals surface area contributed by atoms with Crippen molar-refractivity contribution >= 4 is 0 Å². The van der Waals surface area contributed by atoms with Crippen molar-refractivity contribution in [1.82, 2.24) is 0 Å². The summed E-state index contributed by atoms with van der Waals surface area (Å²) in [6.45, 7) is 0. The van der Waals surface area contributed by atoms with Crippen molar-refractivity contribution in [3.63, 3.8) is 0 Å². The van der Waals surface area contributed by atoms with E-state index in [1.165, 1.54) is 0 Å². The highest BCUT2D eigenvalue weighted by Gasteiger charge is 2.37. The van der Waals surface area contributed by atoms with Gasteiger partial charge in [-0.25, -0.2) is 0 Å². The molecule has 1 aliphatic rings. The second kappa shape index (κ2) is 4.05. The van der Waals surface area contributed by atoms with Crippen molar-refractivity contribution in [3.05, 3.63) is 20.2 Å². The van der Waals surface area contributed by atoms with Crippen LogP contribution in [0.3, 0.4) is 0 Å². The maximum atomic E-state index is 10.0. The molecule has 0 aromatic heterocycles. The lowest BCUT2D eigenvalue weighted by Crippen LogP contribution is -2.30. The molecular weight excluding hydrogens is 198 g/mol. The topological polar surface area (TPSA) is 131 Å². The zero-order valence-corrected chi connectivity index (χ0v) is 7.07. The van der Waals surface area contributed by atoms with Gasteiger partial charge in [0, 0.05) is 6.04 Å². The lowest BCUT2D eigenvalue weighted by atomic mass is 10.3. The van der Waals surface area contributed by atoms with Crippen LogP contribution in [0.1, 0.15) is 12.8 Å². The van der Waals surface area contributed by atoms with E-state index >= 15 is 0 Å². The Morgan fingerprint density at radius 2 is 1.43 bits per heavy atom. The van der Waals surface area contributed by atoms with E-state index in [9.17, 15) is 20.2 Å². The van der Waals surface area contributed by atoms with Gasteiger partial charge in [-0.15, -0.1) is 20.2 Å². The molecule has 1 aliphatic carbocycles. The molecule has 2 unspecified atom stereocenters. The van der Waals surface area contributed by atoms with Gasteiger partial charge in [-0.05, 0) is 12.8 Å². The molecule has 14 heavy (non-hydrogen) atoms. The number of nitrogens with zero attached hydrogens (tertiary/aromatic N) is 2. The van der Waals surface area contributed by atoms with Crippen LogP contribution in [-0.2, 0) is 9.68 Å². The first-order valence-electron chi connectivity index (χ1n) is 3.87. The van der Waals surface area contributed by atoms with Crippen LogP contribution in [0.5, 0.6) is 0 Å². The summed E-state index contributed by atoms with van der Waals surface area (Å²) >= 11 is 0. The molecular formula is C5H9N3O6. The molecule has 80 valence electrons. The van der Waals surface area contributed by atoms with E-state index in [0.717, 1.165) is 0 Å². The van der Waals surface area contributed by atoms with E-state index in [2.05, 4.69) is 9.68 Å². The Balaban J connectivity index is 2.53. The predicted octanol–water partition coefficient (Wildman–Crippen LogP) is -0.739. The molecule has 1 fully saturated rings. The summed E-state index contributed by atoms with van der Waals surface area (Å²) in [5.41, 5.74) is 5.46. The molecule has 0 aromatic rings. The summed E-state index contributed by atoms with van der Waals surface area (Å²) in [6.07, 6.45) is -1.55. The van der Waals surface area contributed by atoms with E-state index in [1.807, 2.05) is 0 Å². The van der Waals surface area contributed by atoms with Crippen LogP contribution in [0, 0.1) is 20.2 Å². The Kier molecular flexibility index (Phi) is 3.02. The summed E-state index contributed by atoms with van der Waals surface area (Å²) in [5.74, 6) is 0. The van der Waals surface area contributed by atoms with Gasteiger partial charge in [0.05, 0.1) is 0 Å². The molecule has 0 aliphatic heterocycles. The molecule has 9 heteroatoms. The fraction of sp³-hybridized carbons (Fsp3) is 1.00. The molecule has 2 N–H and O–H groups in total. The van der Waals surface area contributed by atoms with Gasteiger partial charge in [-0.2, -0.15) is 0 Å². The molecule has 1 saturated carbocycles. The van der Waals surface area contributed by atoms with Gasteiger partial charge in [-0.1, -0.05) is 0 Å². The average molecular weight is 207 g/mol. The number of nitrogens with two attached hydrogens (primary N) is 1. The highest BCUT2D eigenvalue weighted by Crippen LogP contribution is 2.24. The Morgan fingerprint density at radius 1 is 1.07 bits per heavy atom. The largest absolute Gasteiger partial charge is 0.328 e. The Hall–Kier alpha value is -1.64. The van der Waals surface area contributed by atoms with E-state index in [1.54, 1.807) is 0 Å². The zero-order chi connectivity index (χ0) is 10.7. The quantitative estimate of drug-likeness (QED) is 0.474. The zero-order valence-electron chi connectivity index (χ0n) is 7.07. The van der Waals surface area contributed by atoms with E-state index in [4.69, 9.17) is 5.73 Å². The normalized spacial score (nSPS) is 31.1. The molecule has 0 saturated heterocycles. The van der Waals surface area contributed by atoms with Gasteiger partial charge in [0.25, 0.3) is 10.2 Å². The van der Waals surface area contributed by atoms with Gasteiger partial charge in [0.1, 0.15) is 12.2 Å². The number of hydrogen-bond acceptors (Lipinski definition) is 7. The van der Waals surface area contributed by atoms with E-state index < -0.39 is 22.4 Å². The van der Waals surface area contributed by atoms with Crippen LogP contribution in [-0.4, -0.2) is 28.4 Å². The van der Waals surface area contributed by atoms with Crippen molar-refractivity contribution in [2.45, 2.75) is 31.1 Å². The highest BCUT2D eigenvalue weighted by molar-refractivity contribution is 4.86. The Labute approximate surface area is 78.0 Å². The first kappa shape index (κ1) is 10.4. The fourth-order valence-corrected chi connectivity index (χ4v) is 1.44. The standard InChI is InChI=1S/C5H9N3O6/c6-3-1-4(13-7(9)10)5(2-3)14-8(11)12/h3-5H,1-2,6H2. The lowest BCUT2D eigenvalue weighted by Gasteiger charge is -2.14. The minimum absolute atomic E-state index is 0.180. The smallest absolute Gasteiger partial charge is 0.294 e. The molecule has 2 atom stereocenters. The SMILES string of the molecule is NC1CC(O[N+](=O)[O-])C(O[N+](=O)[O-])C1. The first-order valence-corrected chi connectivity index (χ1v) is 3.87. The lowest BCUT2D eigenvalue weighted by molar-refractivity contribution is -0.797. The summed E-state index contributed by atoms with van der Waals surface area (Å²) in [7, 11) is 0. The molecule has 0 aromatic carbocycles. The van der Waals surface area contributed by atoms with Crippen LogP contribution in [0.2, 0.25) is 0 Å². The van der Waals surface area contributed by atoms with Crippen molar-refractivity contribution < 1.29 is 19.8 Å². The molecule has 0 bridgehead atoms. The number of rotatable bonds is 4. The van der Waals surface area contributed by atoms with Gasteiger partial charge >= 0.3 is 0 Å². The number of hydrogen-bond donors (Lipinski definition) is 1. The molecule has 0 amide bonds. The van der Waals surface area contributed by atoms with Crippen molar-refractivity contribution in [2.24, 2.45) is 5.73 Å². The third-order valence-electron chi connectivity index (χ3n) is 1.93. The van der Waals surface area contributed by atoms with Crippen LogP contribution in [0.25, 0.3) is 0 Å². The monoisotopic (exact) mass is 207 g/mol. The fourth-order valence-electron chi connectivity index (χ4n) is 1.44. The van der Waals surface area contributed by atoms with Crippen LogP contribution in [0.4, 0.5) is 0 Å². The van der Waals surface area contributed by atoms with Gasteiger partial charge in [-0.3, -0.25) is 0 Å². The summed E-state index contributed by atoms with van der Waals surface area (Å²) in [5, 5.41) is 18.0. The van der Waals surface area contributed by atoms with Crippen molar-refractivity contribution in [2.75, 3.05) is 0 Å². The van der Waals surface area contributed by atoms with Gasteiger partial charge in [0.2, 0.25) is 0 Å². The summed E-state index contributed by atoms with van der Waals surface area (Å²) < 4.78 is 0. The van der Waals surface area contributed by atoms with Crippen molar-refractivity contribution in [1.29, 1.82) is 0 Å². The second-order valence-corrected chi connectivity index (χ2v) is 2.97. The van der Waals surface area contributed by atoms with Gasteiger partial charge < -0.3 is 15.4 Å². The van der Waals surface area contributed by atoms with Crippen molar-refractivity contribution in [3.8, 4) is 0 Å². The van der Waals surface area contributed by atoms with Crippen LogP contribution < -0.4 is 5.73 Å².